The van der Waals surface area contributed by atoms with Gasteiger partial charge in [-0.3, -0.25) is 0 Å². The lowest BCUT2D eigenvalue weighted by atomic mass is 10.1. The molecule has 6 heteroatoms. The molecule has 140 valence electrons. The van der Waals surface area contributed by atoms with Gasteiger partial charge in [-0.05, 0) is 49.8 Å². The molecular formula is C22H21N5O. The van der Waals surface area contributed by atoms with Crippen LogP contribution < -0.4 is 4.74 Å². The fourth-order valence-corrected chi connectivity index (χ4v) is 2.96. The van der Waals surface area contributed by atoms with E-state index in [0.29, 0.717) is 0 Å². The lowest BCUT2D eigenvalue weighted by Crippen LogP contribution is -1.98. The Labute approximate surface area is 163 Å². The zero-order chi connectivity index (χ0) is 19.5. The maximum absolute atomic E-state index is 5.57. The summed E-state index contributed by atoms with van der Waals surface area (Å²) in [4.78, 5) is 5.93. The van der Waals surface area contributed by atoms with Crippen molar-refractivity contribution >= 4 is 12.2 Å². The van der Waals surface area contributed by atoms with Gasteiger partial charge in [0.05, 0.1) is 36.2 Å². The minimum absolute atomic E-state index is 0.782. The molecule has 0 saturated carbocycles. The summed E-state index contributed by atoms with van der Waals surface area (Å²) < 4.78 is 7.53. The predicted molar refractivity (Wildman–Crippen MR) is 110 cm³/mol. The van der Waals surface area contributed by atoms with Gasteiger partial charge in [0.1, 0.15) is 11.4 Å². The number of methoxy groups -OCH3 is 1. The van der Waals surface area contributed by atoms with E-state index in [1.807, 2.05) is 85.3 Å². The number of imidazole rings is 1. The lowest BCUT2D eigenvalue weighted by Gasteiger charge is -2.09. The Bertz CT molecular complexity index is 1130. The molecule has 4 aromatic rings. The first-order valence-corrected chi connectivity index (χ1v) is 9.00. The zero-order valence-corrected chi connectivity index (χ0v) is 16.1. The van der Waals surface area contributed by atoms with E-state index in [4.69, 9.17) is 4.74 Å². The first-order chi connectivity index (χ1) is 13.6. The molecule has 6 nitrogen and oxygen atoms in total. The van der Waals surface area contributed by atoms with Crippen molar-refractivity contribution in [3.63, 3.8) is 0 Å². The SMILES string of the molecule is COc1cc(/C=C/c2nn(-c3ccccc3)nc2C)ccc1-n1cnc(C)c1. The van der Waals surface area contributed by atoms with Crippen LogP contribution in [-0.2, 0) is 0 Å². The summed E-state index contributed by atoms with van der Waals surface area (Å²) in [5, 5.41) is 9.08. The molecule has 2 aromatic heterocycles. The zero-order valence-electron chi connectivity index (χ0n) is 16.1. The topological polar surface area (TPSA) is 57.8 Å². The van der Waals surface area contributed by atoms with E-state index in [-0.39, 0.29) is 0 Å². The van der Waals surface area contributed by atoms with Crippen molar-refractivity contribution < 1.29 is 4.74 Å². The average Bonchev–Trinajstić information content (AvgIpc) is 3.32. The van der Waals surface area contributed by atoms with E-state index >= 15 is 0 Å². The monoisotopic (exact) mass is 371 g/mol. The number of rotatable bonds is 5. The molecular weight excluding hydrogens is 350 g/mol. The highest BCUT2D eigenvalue weighted by atomic mass is 16.5. The fraction of sp³-hybridized carbons (Fsp3) is 0.136. The molecule has 28 heavy (non-hydrogen) atoms. The van der Waals surface area contributed by atoms with Gasteiger partial charge >= 0.3 is 0 Å². The second kappa shape index (κ2) is 7.52. The third-order valence-corrected chi connectivity index (χ3v) is 4.43. The minimum Gasteiger partial charge on any atom is -0.495 e. The van der Waals surface area contributed by atoms with Crippen molar-refractivity contribution in [3.05, 3.63) is 83.7 Å². The Morgan fingerprint density at radius 1 is 0.964 bits per heavy atom. The number of benzene rings is 2. The molecule has 0 aliphatic heterocycles. The predicted octanol–water partition coefficient (Wildman–Crippen LogP) is 4.25. The van der Waals surface area contributed by atoms with E-state index in [2.05, 4.69) is 15.2 Å². The number of hydrogen-bond donors (Lipinski definition) is 0. The highest BCUT2D eigenvalue weighted by molar-refractivity contribution is 5.70. The number of aryl methyl sites for hydroxylation is 2. The van der Waals surface area contributed by atoms with E-state index in [1.165, 1.54) is 0 Å². The molecule has 2 heterocycles. The summed E-state index contributed by atoms with van der Waals surface area (Å²) >= 11 is 0. The molecule has 2 aromatic carbocycles. The Kier molecular flexibility index (Phi) is 4.76. The molecule has 0 spiro atoms. The molecule has 0 atom stereocenters. The largest absolute Gasteiger partial charge is 0.495 e. The maximum atomic E-state index is 5.57. The number of nitrogens with zero attached hydrogens (tertiary/aromatic N) is 5. The van der Waals surface area contributed by atoms with Gasteiger partial charge in [-0.25, -0.2) is 4.98 Å². The van der Waals surface area contributed by atoms with Crippen LogP contribution >= 0.6 is 0 Å². The summed E-state index contributed by atoms with van der Waals surface area (Å²) in [5.74, 6) is 0.782. The highest BCUT2D eigenvalue weighted by Gasteiger charge is 2.08. The number of para-hydroxylation sites is 1. The van der Waals surface area contributed by atoms with Gasteiger partial charge in [0.15, 0.2) is 0 Å². The molecule has 0 bridgehead atoms. The standard InChI is InChI=1S/C22H21N5O/c1-16-14-26(15-23-16)21-12-10-18(13-22(21)28-3)9-11-20-17(2)24-27(25-20)19-7-5-4-6-8-19/h4-15H,1-3H3/b11-9+. The van der Waals surface area contributed by atoms with Crippen LogP contribution in [0.25, 0.3) is 23.5 Å². The van der Waals surface area contributed by atoms with Crippen molar-refractivity contribution in [1.29, 1.82) is 0 Å². The Morgan fingerprint density at radius 2 is 1.79 bits per heavy atom. The first kappa shape index (κ1) is 17.7. The summed E-state index contributed by atoms with van der Waals surface area (Å²) in [5.41, 5.74) is 5.57. The summed E-state index contributed by atoms with van der Waals surface area (Å²) in [7, 11) is 1.67. The fourth-order valence-electron chi connectivity index (χ4n) is 2.96. The normalized spacial score (nSPS) is 11.2. The Hall–Kier alpha value is -3.67. The van der Waals surface area contributed by atoms with Crippen LogP contribution in [0.5, 0.6) is 5.75 Å². The molecule has 0 aliphatic rings. The van der Waals surface area contributed by atoms with Crippen LogP contribution in [0.3, 0.4) is 0 Å². The summed E-state index contributed by atoms with van der Waals surface area (Å²) in [6.07, 6.45) is 7.74. The molecule has 0 amide bonds. The molecule has 0 unspecified atom stereocenters. The molecule has 0 N–H and O–H groups in total. The van der Waals surface area contributed by atoms with Crippen LogP contribution in [0.15, 0.2) is 61.1 Å². The van der Waals surface area contributed by atoms with Gasteiger partial charge in [-0.2, -0.15) is 9.90 Å². The first-order valence-electron chi connectivity index (χ1n) is 9.00. The van der Waals surface area contributed by atoms with Gasteiger partial charge in [-0.15, -0.1) is 5.10 Å². The minimum atomic E-state index is 0.782. The maximum Gasteiger partial charge on any atom is 0.143 e. The Balaban J connectivity index is 1.61. The molecule has 0 aliphatic carbocycles. The van der Waals surface area contributed by atoms with Crippen LogP contribution in [-0.4, -0.2) is 31.7 Å². The van der Waals surface area contributed by atoms with Crippen molar-refractivity contribution in [3.8, 4) is 17.1 Å². The van der Waals surface area contributed by atoms with Crippen LogP contribution in [0.2, 0.25) is 0 Å². The molecule has 0 radical (unpaired) electrons. The van der Waals surface area contributed by atoms with Crippen molar-refractivity contribution in [2.75, 3.05) is 7.11 Å². The summed E-state index contributed by atoms with van der Waals surface area (Å²) in [6, 6.07) is 15.9. The van der Waals surface area contributed by atoms with Crippen molar-refractivity contribution in [1.82, 2.24) is 24.5 Å². The lowest BCUT2D eigenvalue weighted by molar-refractivity contribution is 0.413. The second-order valence-electron chi connectivity index (χ2n) is 6.48. The van der Waals surface area contributed by atoms with E-state index in [9.17, 15) is 0 Å². The average molecular weight is 371 g/mol. The second-order valence-corrected chi connectivity index (χ2v) is 6.48. The van der Waals surface area contributed by atoms with Gasteiger partial charge in [0.2, 0.25) is 0 Å². The van der Waals surface area contributed by atoms with Crippen LogP contribution in [0.1, 0.15) is 22.6 Å². The number of aromatic nitrogens is 5. The number of hydrogen-bond acceptors (Lipinski definition) is 4. The third-order valence-electron chi connectivity index (χ3n) is 4.43. The van der Waals surface area contributed by atoms with Crippen molar-refractivity contribution in [2.45, 2.75) is 13.8 Å². The number of ether oxygens (including phenoxy) is 1. The Morgan fingerprint density at radius 3 is 2.50 bits per heavy atom. The van der Waals surface area contributed by atoms with Crippen LogP contribution in [0, 0.1) is 13.8 Å². The summed E-state index contributed by atoms with van der Waals surface area (Å²) in [6.45, 7) is 3.92. The highest BCUT2D eigenvalue weighted by Crippen LogP contribution is 2.25. The third kappa shape index (κ3) is 3.57. The van der Waals surface area contributed by atoms with E-state index in [0.717, 1.165) is 39.8 Å². The van der Waals surface area contributed by atoms with E-state index < -0.39 is 0 Å². The van der Waals surface area contributed by atoms with Gasteiger partial charge in [0, 0.05) is 6.20 Å². The van der Waals surface area contributed by atoms with Crippen LogP contribution in [0.4, 0.5) is 0 Å². The molecule has 0 fully saturated rings. The van der Waals surface area contributed by atoms with Gasteiger partial charge in [0.25, 0.3) is 0 Å². The van der Waals surface area contributed by atoms with Gasteiger partial charge < -0.3 is 9.30 Å². The van der Waals surface area contributed by atoms with Gasteiger partial charge in [-0.1, -0.05) is 30.3 Å². The smallest absolute Gasteiger partial charge is 0.143 e. The molecule has 4 rings (SSSR count). The van der Waals surface area contributed by atoms with Crippen molar-refractivity contribution in [2.24, 2.45) is 0 Å². The molecule has 0 saturated heterocycles. The quantitative estimate of drug-likeness (QED) is 0.526. The van der Waals surface area contributed by atoms with E-state index in [1.54, 1.807) is 18.2 Å².